The Kier molecular flexibility index (Phi) is 6.75. The first-order valence-electron chi connectivity index (χ1n) is 6.82. The van der Waals surface area contributed by atoms with Gasteiger partial charge in [0.15, 0.2) is 0 Å². The minimum absolute atomic E-state index is 0.143. The van der Waals surface area contributed by atoms with Gasteiger partial charge >= 0.3 is 0 Å². The average molecular weight is 277 g/mol. The Bertz CT molecular complexity index is 511. The van der Waals surface area contributed by atoms with E-state index < -0.39 is 5.82 Å². The van der Waals surface area contributed by atoms with Crippen LogP contribution < -0.4 is 0 Å². The number of carbonyl (C=O) groups excluding carboxylic acids is 1. The molecule has 0 aliphatic rings. The van der Waals surface area contributed by atoms with Crippen molar-refractivity contribution in [3.05, 3.63) is 35.1 Å². The van der Waals surface area contributed by atoms with Crippen LogP contribution in [-0.4, -0.2) is 35.6 Å². The van der Waals surface area contributed by atoms with Crippen LogP contribution in [0.1, 0.15) is 42.6 Å². The molecule has 3 nitrogen and oxygen atoms in total. The largest absolute Gasteiger partial charge is 0.384 e. The first-order valence-corrected chi connectivity index (χ1v) is 6.82. The average Bonchev–Trinajstić information content (AvgIpc) is 2.44. The highest BCUT2D eigenvalue weighted by molar-refractivity contribution is 5.96. The number of amides is 1. The van der Waals surface area contributed by atoms with E-state index in [2.05, 4.69) is 11.8 Å². The number of halogens is 1. The third-order valence-corrected chi connectivity index (χ3v) is 2.79. The third kappa shape index (κ3) is 4.36. The predicted molar refractivity (Wildman–Crippen MR) is 76.8 cm³/mol. The summed E-state index contributed by atoms with van der Waals surface area (Å²) in [5, 5.41) is 8.74. The number of hydrogen-bond donors (Lipinski definition) is 1. The van der Waals surface area contributed by atoms with Crippen LogP contribution in [0.5, 0.6) is 0 Å². The van der Waals surface area contributed by atoms with Crippen LogP contribution in [0.25, 0.3) is 0 Å². The molecule has 1 aromatic rings. The molecule has 0 fully saturated rings. The fourth-order valence-electron chi connectivity index (χ4n) is 1.97. The van der Waals surface area contributed by atoms with Gasteiger partial charge in [-0.2, -0.15) is 0 Å². The third-order valence-electron chi connectivity index (χ3n) is 2.79. The fourth-order valence-corrected chi connectivity index (χ4v) is 1.97. The van der Waals surface area contributed by atoms with Gasteiger partial charge in [-0.1, -0.05) is 25.7 Å². The molecule has 0 saturated carbocycles. The van der Waals surface area contributed by atoms with Crippen LogP contribution in [-0.2, 0) is 0 Å². The van der Waals surface area contributed by atoms with Crippen molar-refractivity contribution in [2.75, 3.05) is 19.7 Å². The maximum absolute atomic E-state index is 13.3. The molecule has 108 valence electrons. The van der Waals surface area contributed by atoms with Gasteiger partial charge in [-0.15, -0.1) is 0 Å². The second-order valence-corrected chi connectivity index (χ2v) is 4.44. The Morgan fingerprint density at radius 2 is 1.95 bits per heavy atom. The van der Waals surface area contributed by atoms with E-state index in [4.69, 9.17) is 5.11 Å². The van der Waals surface area contributed by atoms with E-state index in [9.17, 15) is 9.18 Å². The zero-order valence-corrected chi connectivity index (χ0v) is 11.9. The number of aliphatic hydroxyl groups excluding tert-OH is 1. The lowest BCUT2D eigenvalue weighted by atomic mass is 10.1. The fraction of sp³-hybridized carbons (Fsp3) is 0.438. The van der Waals surface area contributed by atoms with Crippen LogP contribution in [0, 0.1) is 17.7 Å². The van der Waals surface area contributed by atoms with Gasteiger partial charge in [0.1, 0.15) is 12.4 Å². The number of carbonyl (C=O) groups is 1. The van der Waals surface area contributed by atoms with Crippen molar-refractivity contribution in [2.24, 2.45) is 0 Å². The summed E-state index contributed by atoms with van der Waals surface area (Å²) in [4.78, 5) is 14.2. The predicted octanol–water partition coefficient (Wildman–Crippen LogP) is 2.43. The summed E-state index contributed by atoms with van der Waals surface area (Å²) in [7, 11) is 0. The summed E-state index contributed by atoms with van der Waals surface area (Å²) < 4.78 is 13.3. The molecule has 0 atom stereocenters. The van der Waals surface area contributed by atoms with Crippen LogP contribution in [0.3, 0.4) is 0 Å². The van der Waals surface area contributed by atoms with Crippen molar-refractivity contribution in [3.8, 4) is 11.8 Å². The minimum Gasteiger partial charge on any atom is -0.384 e. The Morgan fingerprint density at radius 3 is 2.50 bits per heavy atom. The van der Waals surface area contributed by atoms with E-state index in [0.717, 1.165) is 12.8 Å². The number of hydrogen-bond acceptors (Lipinski definition) is 2. The molecule has 0 aromatic heterocycles. The van der Waals surface area contributed by atoms with Gasteiger partial charge in [0.25, 0.3) is 5.91 Å². The molecular formula is C16H20FNO2. The summed E-state index contributed by atoms with van der Waals surface area (Å²) in [6, 6.07) is 3.94. The van der Waals surface area contributed by atoms with Gasteiger partial charge in [0, 0.05) is 18.7 Å². The van der Waals surface area contributed by atoms with Gasteiger partial charge < -0.3 is 10.0 Å². The maximum Gasteiger partial charge on any atom is 0.255 e. The summed E-state index contributed by atoms with van der Waals surface area (Å²) in [6.45, 7) is 5.02. The molecule has 4 heteroatoms. The molecule has 0 unspecified atom stereocenters. The van der Waals surface area contributed by atoms with E-state index in [1.165, 1.54) is 18.2 Å². The molecule has 0 spiro atoms. The Balaban J connectivity index is 3.12. The first kappa shape index (κ1) is 16.2. The molecule has 1 N–H and O–H groups in total. The highest BCUT2D eigenvalue weighted by Gasteiger charge is 2.17. The van der Waals surface area contributed by atoms with E-state index in [1.54, 1.807) is 4.90 Å². The lowest BCUT2D eigenvalue weighted by molar-refractivity contribution is 0.0755. The molecule has 0 heterocycles. The number of rotatable bonds is 5. The normalized spacial score (nSPS) is 9.80. The summed E-state index contributed by atoms with van der Waals surface area (Å²) in [5.41, 5.74) is 0.704. The maximum atomic E-state index is 13.3. The minimum atomic E-state index is -0.443. The van der Waals surface area contributed by atoms with Crippen molar-refractivity contribution in [1.29, 1.82) is 0 Å². The molecule has 1 rings (SSSR count). The molecule has 0 aliphatic heterocycles. The second kappa shape index (κ2) is 8.34. The quantitative estimate of drug-likeness (QED) is 0.840. The topological polar surface area (TPSA) is 40.5 Å². The number of nitrogens with zero attached hydrogens (tertiary/aromatic N) is 1. The van der Waals surface area contributed by atoms with Crippen molar-refractivity contribution in [1.82, 2.24) is 4.90 Å². The zero-order chi connectivity index (χ0) is 15.0. The number of aliphatic hydroxyl groups is 1. The van der Waals surface area contributed by atoms with Crippen molar-refractivity contribution < 1.29 is 14.3 Å². The Labute approximate surface area is 119 Å². The van der Waals surface area contributed by atoms with Gasteiger partial charge in [0.05, 0.1) is 5.56 Å². The second-order valence-electron chi connectivity index (χ2n) is 4.44. The SMILES string of the molecule is CCCN(CCC)C(=O)c1ccc(F)cc1C#CCO. The van der Waals surface area contributed by atoms with Crippen LogP contribution in [0.15, 0.2) is 18.2 Å². The highest BCUT2D eigenvalue weighted by Crippen LogP contribution is 2.14. The van der Waals surface area contributed by atoms with Crippen molar-refractivity contribution >= 4 is 5.91 Å². The summed E-state index contributed by atoms with van der Waals surface area (Å²) in [6.07, 6.45) is 1.73. The monoisotopic (exact) mass is 277 g/mol. The molecule has 20 heavy (non-hydrogen) atoms. The van der Waals surface area contributed by atoms with Gasteiger partial charge in [-0.05, 0) is 31.0 Å². The van der Waals surface area contributed by atoms with E-state index >= 15 is 0 Å². The Hall–Kier alpha value is -1.86. The molecule has 1 aromatic carbocycles. The first-order chi connectivity index (χ1) is 9.63. The Morgan fingerprint density at radius 1 is 1.30 bits per heavy atom. The van der Waals surface area contributed by atoms with Crippen LogP contribution in [0.4, 0.5) is 4.39 Å². The van der Waals surface area contributed by atoms with Crippen molar-refractivity contribution in [2.45, 2.75) is 26.7 Å². The summed E-state index contributed by atoms with van der Waals surface area (Å²) in [5.74, 6) is 4.51. The highest BCUT2D eigenvalue weighted by atomic mass is 19.1. The lowest BCUT2D eigenvalue weighted by Gasteiger charge is -2.22. The molecule has 0 bridgehead atoms. The number of benzene rings is 1. The van der Waals surface area contributed by atoms with Gasteiger partial charge in [0.2, 0.25) is 0 Å². The van der Waals surface area contributed by atoms with E-state index in [-0.39, 0.29) is 12.5 Å². The summed E-state index contributed by atoms with van der Waals surface area (Å²) >= 11 is 0. The van der Waals surface area contributed by atoms with Crippen molar-refractivity contribution in [3.63, 3.8) is 0 Å². The van der Waals surface area contributed by atoms with Crippen LogP contribution >= 0.6 is 0 Å². The molecule has 1 amide bonds. The van der Waals surface area contributed by atoms with E-state index in [0.29, 0.717) is 24.2 Å². The standard InChI is InChI=1S/C16H20FNO2/c1-3-9-18(10-4-2)16(20)15-8-7-14(17)12-13(15)6-5-11-19/h7-8,12,19H,3-4,9-11H2,1-2H3. The van der Waals surface area contributed by atoms with Crippen LogP contribution in [0.2, 0.25) is 0 Å². The molecule has 0 radical (unpaired) electrons. The smallest absolute Gasteiger partial charge is 0.255 e. The lowest BCUT2D eigenvalue weighted by Crippen LogP contribution is -2.33. The zero-order valence-electron chi connectivity index (χ0n) is 11.9. The molecular weight excluding hydrogens is 257 g/mol. The molecule has 0 aliphatic carbocycles. The molecule has 0 saturated heterocycles. The van der Waals surface area contributed by atoms with Gasteiger partial charge in [-0.25, -0.2) is 4.39 Å². The van der Waals surface area contributed by atoms with Gasteiger partial charge in [-0.3, -0.25) is 4.79 Å². The van der Waals surface area contributed by atoms with E-state index in [1.807, 2.05) is 13.8 Å².